The van der Waals surface area contributed by atoms with Crippen LogP contribution in [0, 0.1) is 0 Å². The molecule has 0 bridgehead atoms. The second-order valence-electron chi connectivity index (χ2n) is 4.72. The fourth-order valence-corrected chi connectivity index (χ4v) is 2.44. The first-order valence-corrected chi connectivity index (χ1v) is 6.00. The lowest BCUT2D eigenvalue weighted by Crippen LogP contribution is -2.42. The predicted octanol–water partition coefficient (Wildman–Crippen LogP) is 1.36. The SMILES string of the molecule is C=C(C)N1CCC(NC2CCOCC2)C1. The molecule has 0 amide bonds. The molecule has 0 spiro atoms. The van der Waals surface area contributed by atoms with Gasteiger partial charge in [-0.15, -0.1) is 0 Å². The lowest BCUT2D eigenvalue weighted by molar-refractivity contribution is 0.0752. The highest BCUT2D eigenvalue weighted by atomic mass is 16.5. The Balaban J connectivity index is 1.74. The Morgan fingerprint density at radius 3 is 2.60 bits per heavy atom. The second kappa shape index (κ2) is 4.99. The Labute approximate surface area is 92.5 Å². The van der Waals surface area contributed by atoms with Gasteiger partial charge >= 0.3 is 0 Å². The van der Waals surface area contributed by atoms with Crippen molar-refractivity contribution in [1.82, 2.24) is 10.2 Å². The zero-order chi connectivity index (χ0) is 10.7. The van der Waals surface area contributed by atoms with E-state index in [1.54, 1.807) is 0 Å². The highest BCUT2D eigenvalue weighted by Crippen LogP contribution is 2.16. The summed E-state index contributed by atoms with van der Waals surface area (Å²) in [6.45, 7) is 10.2. The van der Waals surface area contributed by atoms with Crippen LogP contribution in [0.5, 0.6) is 0 Å². The van der Waals surface area contributed by atoms with Gasteiger partial charge in [-0.3, -0.25) is 0 Å². The number of hydrogen-bond donors (Lipinski definition) is 1. The van der Waals surface area contributed by atoms with Crippen LogP contribution in [-0.4, -0.2) is 43.3 Å². The summed E-state index contributed by atoms with van der Waals surface area (Å²) in [5.74, 6) is 0. The zero-order valence-corrected chi connectivity index (χ0v) is 9.67. The topological polar surface area (TPSA) is 24.5 Å². The molecular weight excluding hydrogens is 188 g/mol. The highest BCUT2D eigenvalue weighted by molar-refractivity contribution is 4.96. The molecule has 0 saturated carbocycles. The Morgan fingerprint density at radius 1 is 1.27 bits per heavy atom. The van der Waals surface area contributed by atoms with Gasteiger partial charge in [-0.1, -0.05) is 6.58 Å². The van der Waals surface area contributed by atoms with Crippen molar-refractivity contribution in [2.75, 3.05) is 26.3 Å². The van der Waals surface area contributed by atoms with E-state index < -0.39 is 0 Å². The monoisotopic (exact) mass is 210 g/mol. The van der Waals surface area contributed by atoms with Crippen LogP contribution < -0.4 is 5.32 Å². The Hall–Kier alpha value is -0.540. The molecule has 1 N–H and O–H groups in total. The third-order valence-electron chi connectivity index (χ3n) is 3.42. The number of likely N-dealkylation sites (tertiary alicyclic amines) is 1. The van der Waals surface area contributed by atoms with Crippen molar-refractivity contribution >= 4 is 0 Å². The van der Waals surface area contributed by atoms with Crippen molar-refractivity contribution in [2.45, 2.75) is 38.3 Å². The molecule has 2 saturated heterocycles. The molecule has 2 aliphatic heterocycles. The van der Waals surface area contributed by atoms with Gasteiger partial charge in [-0.25, -0.2) is 0 Å². The van der Waals surface area contributed by atoms with E-state index in [9.17, 15) is 0 Å². The van der Waals surface area contributed by atoms with E-state index in [1.807, 2.05) is 0 Å². The van der Waals surface area contributed by atoms with Crippen LogP contribution in [0.4, 0.5) is 0 Å². The number of hydrogen-bond acceptors (Lipinski definition) is 3. The molecule has 0 aromatic heterocycles. The smallest absolute Gasteiger partial charge is 0.0480 e. The minimum Gasteiger partial charge on any atom is -0.381 e. The number of rotatable bonds is 3. The first kappa shape index (κ1) is 11.0. The molecule has 2 aliphatic rings. The molecule has 3 heteroatoms. The van der Waals surface area contributed by atoms with Crippen molar-refractivity contribution in [3.05, 3.63) is 12.3 Å². The summed E-state index contributed by atoms with van der Waals surface area (Å²) >= 11 is 0. The largest absolute Gasteiger partial charge is 0.381 e. The third-order valence-corrected chi connectivity index (χ3v) is 3.42. The van der Waals surface area contributed by atoms with Crippen LogP contribution in [-0.2, 0) is 4.74 Å². The number of nitrogens with zero attached hydrogens (tertiary/aromatic N) is 1. The van der Waals surface area contributed by atoms with Crippen molar-refractivity contribution in [1.29, 1.82) is 0 Å². The van der Waals surface area contributed by atoms with Gasteiger partial charge in [-0.05, 0) is 26.2 Å². The van der Waals surface area contributed by atoms with Crippen molar-refractivity contribution in [2.24, 2.45) is 0 Å². The maximum absolute atomic E-state index is 5.36. The normalized spacial score (nSPS) is 28.3. The second-order valence-corrected chi connectivity index (χ2v) is 4.72. The van der Waals surface area contributed by atoms with Crippen LogP contribution in [0.2, 0.25) is 0 Å². The quantitative estimate of drug-likeness (QED) is 0.761. The van der Waals surface area contributed by atoms with E-state index in [-0.39, 0.29) is 0 Å². The summed E-state index contributed by atoms with van der Waals surface area (Å²) in [4.78, 5) is 2.37. The molecule has 1 atom stereocenters. The predicted molar refractivity (Wildman–Crippen MR) is 61.8 cm³/mol. The summed E-state index contributed by atoms with van der Waals surface area (Å²) in [5, 5.41) is 3.74. The van der Waals surface area contributed by atoms with E-state index in [0.29, 0.717) is 12.1 Å². The molecule has 2 heterocycles. The molecule has 2 fully saturated rings. The molecule has 1 unspecified atom stereocenters. The average Bonchev–Trinajstić information content (AvgIpc) is 2.68. The lowest BCUT2D eigenvalue weighted by atomic mass is 10.1. The Bertz CT molecular complexity index is 224. The number of nitrogens with one attached hydrogen (secondary N) is 1. The standard InChI is InChI=1S/C12H22N2O/c1-10(2)14-6-3-12(9-14)13-11-4-7-15-8-5-11/h11-13H,1,3-9H2,2H3. The molecule has 15 heavy (non-hydrogen) atoms. The molecule has 86 valence electrons. The molecule has 0 radical (unpaired) electrons. The minimum absolute atomic E-state index is 0.657. The first-order chi connectivity index (χ1) is 7.25. The molecule has 0 aliphatic carbocycles. The average molecular weight is 210 g/mol. The lowest BCUT2D eigenvalue weighted by Gasteiger charge is -2.27. The molecule has 0 aromatic carbocycles. The van der Waals surface area contributed by atoms with Crippen LogP contribution in [0.3, 0.4) is 0 Å². The maximum Gasteiger partial charge on any atom is 0.0480 e. The summed E-state index contributed by atoms with van der Waals surface area (Å²) in [6.07, 6.45) is 3.59. The van der Waals surface area contributed by atoms with Crippen LogP contribution >= 0.6 is 0 Å². The number of allylic oxidation sites excluding steroid dienone is 1. The highest BCUT2D eigenvalue weighted by Gasteiger charge is 2.24. The van der Waals surface area contributed by atoms with E-state index in [1.165, 1.54) is 25.0 Å². The zero-order valence-electron chi connectivity index (χ0n) is 9.67. The van der Waals surface area contributed by atoms with Crippen molar-refractivity contribution in [3.8, 4) is 0 Å². The summed E-state index contributed by atoms with van der Waals surface area (Å²) in [5.41, 5.74) is 1.20. The summed E-state index contributed by atoms with van der Waals surface area (Å²) < 4.78 is 5.36. The molecular formula is C12H22N2O. The van der Waals surface area contributed by atoms with Gasteiger partial charge in [0, 0.05) is 44.1 Å². The van der Waals surface area contributed by atoms with E-state index in [2.05, 4.69) is 23.7 Å². The van der Waals surface area contributed by atoms with E-state index >= 15 is 0 Å². The van der Waals surface area contributed by atoms with Crippen LogP contribution in [0.25, 0.3) is 0 Å². The van der Waals surface area contributed by atoms with Crippen LogP contribution in [0.1, 0.15) is 26.2 Å². The van der Waals surface area contributed by atoms with Gasteiger partial charge in [0.1, 0.15) is 0 Å². The van der Waals surface area contributed by atoms with Gasteiger partial charge in [-0.2, -0.15) is 0 Å². The van der Waals surface area contributed by atoms with Gasteiger partial charge in [0.25, 0.3) is 0 Å². The molecule has 0 aromatic rings. The summed E-state index contributed by atoms with van der Waals surface area (Å²) in [7, 11) is 0. The molecule has 3 nitrogen and oxygen atoms in total. The van der Waals surface area contributed by atoms with Crippen molar-refractivity contribution in [3.63, 3.8) is 0 Å². The van der Waals surface area contributed by atoms with E-state index in [4.69, 9.17) is 4.74 Å². The van der Waals surface area contributed by atoms with Gasteiger partial charge in [0.15, 0.2) is 0 Å². The van der Waals surface area contributed by atoms with Gasteiger partial charge < -0.3 is 15.0 Å². The van der Waals surface area contributed by atoms with E-state index in [0.717, 1.165) is 26.3 Å². The maximum atomic E-state index is 5.36. The Kier molecular flexibility index (Phi) is 3.65. The van der Waals surface area contributed by atoms with Gasteiger partial charge in [0.05, 0.1) is 0 Å². The van der Waals surface area contributed by atoms with Crippen molar-refractivity contribution < 1.29 is 4.74 Å². The van der Waals surface area contributed by atoms with Gasteiger partial charge in [0.2, 0.25) is 0 Å². The third kappa shape index (κ3) is 2.95. The summed E-state index contributed by atoms with van der Waals surface area (Å²) in [6, 6.07) is 1.33. The first-order valence-electron chi connectivity index (χ1n) is 6.00. The minimum atomic E-state index is 0.657. The fourth-order valence-electron chi connectivity index (χ4n) is 2.44. The Morgan fingerprint density at radius 2 is 2.00 bits per heavy atom. The number of ether oxygens (including phenoxy) is 1. The fraction of sp³-hybridized carbons (Fsp3) is 0.833. The molecule has 2 rings (SSSR count). The van der Waals surface area contributed by atoms with Crippen LogP contribution in [0.15, 0.2) is 12.3 Å².